The summed E-state index contributed by atoms with van der Waals surface area (Å²) >= 11 is 0. The Balaban J connectivity index is 2.67. The van der Waals surface area contributed by atoms with Crippen LogP contribution in [0.5, 0.6) is 0 Å². The molecule has 2 atom stereocenters. The number of carbonyl (C=O) groups is 1. The number of halogens is 1. The van der Waals surface area contributed by atoms with Crippen LogP contribution in [0.4, 0.5) is 9.18 Å². The summed E-state index contributed by atoms with van der Waals surface area (Å²) in [6, 6.07) is 4.26. The van der Waals surface area contributed by atoms with Crippen molar-refractivity contribution in [3.05, 3.63) is 35.1 Å². The van der Waals surface area contributed by atoms with Crippen LogP contribution >= 0.6 is 0 Å². The molecule has 29 heavy (non-hydrogen) atoms. The summed E-state index contributed by atoms with van der Waals surface area (Å²) in [6.45, 7) is 10.2. The normalized spacial score (nSPS) is 26.1. The van der Waals surface area contributed by atoms with Crippen LogP contribution in [0.15, 0.2) is 27.6 Å². The van der Waals surface area contributed by atoms with E-state index >= 15 is 0 Å². The molecule has 0 spiro atoms. The van der Waals surface area contributed by atoms with Crippen molar-refractivity contribution >= 4 is 21.7 Å². The summed E-state index contributed by atoms with van der Waals surface area (Å²) in [7, 11) is -1.48. The fourth-order valence-electron chi connectivity index (χ4n) is 3.16. The second kappa shape index (κ2) is 7.45. The van der Waals surface area contributed by atoms with Gasteiger partial charge in [-0.3, -0.25) is 10.3 Å². The predicted octanol–water partition coefficient (Wildman–Crippen LogP) is 3.84. The lowest BCUT2D eigenvalue weighted by atomic mass is 9.92. The first-order chi connectivity index (χ1) is 13.2. The molecule has 0 bridgehead atoms. The van der Waals surface area contributed by atoms with Gasteiger partial charge in [0.25, 0.3) is 0 Å². The predicted molar refractivity (Wildman–Crippen MR) is 114 cm³/mol. The Kier molecular flexibility index (Phi) is 5.88. The minimum atomic E-state index is -2.93. The van der Waals surface area contributed by atoms with E-state index in [9.17, 15) is 13.4 Å². The van der Waals surface area contributed by atoms with Gasteiger partial charge in [0, 0.05) is 18.2 Å². The Labute approximate surface area is 172 Å². The van der Waals surface area contributed by atoms with Crippen molar-refractivity contribution in [2.24, 2.45) is 9.36 Å². The van der Waals surface area contributed by atoms with Crippen molar-refractivity contribution in [2.75, 3.05) is 12.8 Å². The van der Waals surface area contributed by atoms with Crippen molar-refractivity contribution in [1.82, 2.24) is 5.32 Å². The summed E-state index contributed by atoms with van der Waals surface area (Å²) < 4.78 is 36.9. The van der Waals surface area contributed by atoms with Crippen molar-refractivity contribution in [2.45, 2.75) is 57.4 Å². The standard InChI is InChI=1S/C21H28FN3O3S/c1-9-14-10-11-16(22)15(12-14)21(7)13-29(27,23-8)20(5,6)17(25-21)24-18(26)28-19(2,3)4/h1,10-12H,13H2,2-8H3,(H,24,25,26)/t21-,29?/m0/s1. The molecule has 0 aliphatic carbocycles. The largest absolute Gasteiger partial charge is 0.444 e. The summed E-state index contributed by atoms with van der Waals surface area (Å²) in [6.07, 6.45) is 4.73. The molecule has 0 saturated heterocycles. The molecule has 0 saturated carbocycles. The van der Waals surface area contributed by atoms with E-state index in [0.717, 1.165) is 0 Å². The second-order valence-electron chi connectivity index (χ2n) is 8.68. The van der Waals surface area contributed by atoms with Gasteiger partial charge in [0.05, 0.1) is 15.5 Å². The van der Waals surface area contributed by atoms with Gasteiger partial charge in [-0.2, -0.15) is 0 Å². The lowest BCUT2D eigenvalue weighted by molar-refractivity contribution is 0.0560. The van der Waals surface area contributed by atoms with E-state index in [2.05, 4.69) is 20.6 Å². The zero-order chi connectivity index (χ0) is 22.3. The third-order valence-electron chi connectivity index (χ3n) is 4.83. The molecule has 1 heterocycles. The fraction of sp³-hybridized carbons (Fsp3) is 0.524. The Hall–Kier alpha value is -2.40. The topological polar surface area (TPSA) is 80.1 Å². The maximum atomic E-state index is 14.7. The molecule has 0 fully saturated rings. The highest BCUT2D eigenvalue weighted by Crippen LogP contribution is 2.39. The third-order valence-corrected chi connectivity index (χ3v) is 8.16. The molecule has 158 valence electrons. The highest BCUT2D eigenvalue weighted by atomic mass is 32.2. The van der Waals surface area contributed by atoms with E-state index in [4.69, 9.17) is 11.2 Å². The summed E-state index contributed by atoms with van der Waals surface area (Å²) in [5, 5.41) is 2.62. The van der Waals surface area contributed by atoms with E-state index in [0.29, 0.717) is 5.56 Å². The lowest BCUT2D eigenvalue weighted by Crippen LogP contribution is -2.57. The van der Waals surface area contributed by atoms with Gasteiger partial charge in [-0.25, -0.2) is 17.8 Å². The number of nitrogens with zero attached hydrogens (tertiary/aromatic N) is 2. The summed E-state index contributed by atoms with van der Waals surface area (Å²) in [5.74, 6) is 2.05. The van der Waals surface area contributed by atoms with Gasteiger partial charge < -0.3 is 4.74 Å². The highest BCUT2D eigenvalue weighted by molar-refractivity contribution is 7.95. The van der Waals surface area contributed by atoms with Crippen LogP contribution in [0.3, 0.4) is 0 Å². The van der Waals surface area contributed by atoms with Crippen molar-refractivity contribution in [1.29, 1.82) is 0 Å². The maximum Gasteiger partial charge on any atom is 0.413 e. The first kappa shape index (κ1) is 22.9. The Morgan fingerprint density at radius 2 is 2.00 bits per heavy atom. The van der Waals surface area contributed by atoms with E-state index in [-0.39, 0.29) is 17.2 Å². The average Bonchev–Trinajstić information content (AvgIpc) is 2.58. The minimum absolute atomic E-state index is 0.0199. The van der Waals surface area contributed by atoms with Crippen LogP contribution in [-0.4, -0.2) is 39.3 Å². The maximum absolute atomic E-state index is 14.7. The van der Waals surface area contributed by atoms with Crippen LogP contribution in [0, 0.1) is 18.2 Å². The van der Waals surface area contributed by atoms with Crippen molar-refractivity contribution in [3.63, 3.8) is 0 Å². The number of benzene rings is 1. The monoisotopic (exact) mass is 421 g/mol. The minimum Gasteiger partial charge on any atom is -0.444 e. The zero-order valence-electron chi connectivity index (χ0n) is 17.9. The number of rotatable bonds is 1. The van der Waals surface area contributed by atoms with E-state index in [1.807, 2.05) is 0 Å². The van der Waals surface area contributed by atoms with Crippen molar-refractivity contribution in [3.8, 4) is 12.3 Å². The summed E-state index contributed by atoms with van der Waals surface area (Å²) in [5.41, 5.74) is -1.29. The second-order valence-corrected chi connectivity index (χ2v) is 11.6. The van der Waals surface area contributed by atoms with Gasteiger partial charge in [0.15, 0.2) is 0 Å². The molecule has 0 aromatic heterocycles. The third kappa shape index (κ3) is 4.45. The number of carbonyl (C=O) groups excluding carboxylic acids is 1. The SMILES string of the molecule is C#Cc1ccc(F)c([C@]2(C)CS(=O)(=NC)C(C)(C)C(NC(=O)OC(C)(C)C)=N2)c1. The van der Waals surface area contributed by atoms with Crippen LogP contribution in [0.2, 0.25) is 0 Å². The van der Waals surface area contributed by atoms with Crippen LogP contribution in [-0.2, 0) is 20.0 Å². The number of terminal acetylenes is 1. The molecule has 1 aliphatic rings. The molecule has 0 radical (unpaired) electrons. The molecular formula is C21H28FN3O3S. The van der Waals surface area contributed by atoms with E-state index in [1.54, 1.807) is 41.5 Å². The molecule has 1 N–H and O–H groups in total. The first-order valence-corrected chi connectivity index (χ1v) is 10.9. The fourth-order valence-corrected chi connectivity index (χ4v) is 5.49. The molecule has 1 amide bonds. The first-order valence-electron chi connectivity index (χ1n) is 9.17. The highest BCUT2D eigenvalue weighted by Gasteiger charge is 2.49. The Morgan fingerprint density at radius 1 is 1.38 bits per heavy atom. The smallest absolute Gasteiger partial charge is 0.413 e. The number of hydrogen-bond donors (Lipinski definition) is 1. The van der Waals surface area contributed by atoms with Gasteiger partial charge in [-0.1, -0.05) is 5.92 Å². The Morgan fingerprint density at radius 3 is 2.52 bits per heavy atom. The van der Waals surface area contributed by atoms with E-state index in [1.165, 1.54) is 25.2 Å². The number of nitrogens with one attached hydrogen (secondary N) is 1. The van der Waals surface area contributed by atoms with Crippen molar-refractivity contribution < 1.29 is 18.1 Å². The number of amides is 1. The quantitative estimate of drug-likeness (QED) is 0.700. The molecule has 8 heteroatoms. The van der Waals surface area contributed by atoms with Gasteiger partial charge >= 0.3 is 6.09 Å². The molecule has 6 nitrogen and oxygen atoms in total. The van der Waals surface area contributed by atoms with Crippen LogP contribution < -0.4 is 5.32 Å². The van der Waals surface area contributed by atoms with Crippen LogP contribution in [0.1, 0.15) is 52.7 Å². The van der Waals surface area contributed by atoms with Gasteiger partial charge in [-0.05, 0) is 59.7 Å². The number of hydrogen-bond acceptors (Lipinski definition) is 5. The average molecular weight is 422 g/mol. The lowest BCUT2D eigenvalue weighted by Gasteiger charge is -2.41. The molecule has 2 rings (SSSR count). The molecule has 1 aliphatic heterocycles. The van der Waals surface area contributed by atoms with Gasteiger partial charge in [0.2, 0.25) is 0 Å². The molecule has 1 unspecified atom stereocenters. The number of ether oxygens (including phenoxy) is 1. The van der Waals surface area contributed by atoms with Gasteiger partial charge in [-0.15, -0.1) is 6.42 Å². The Bertz CT molecular complexity index is 1020. The van der Waals surface area contributed by atoms with Crippen LogP contribution in [0.25, 0.3) is 0 Å². The number of aliphatic imine (C=N–C) groups is 1. The molecule has 1 aromatic carbocycles. The number of alkyl carbamates (subject to hydrolysis) is 1. The zero-order valence-corrected chi connectivity index (χ0v) is 18.7. The van der Waals surface area contributed by atoms with E-state index < -0.39 is 37.5 Å². The number of amidine groups is 1. The van der Waals surface area contributed by atoms with Gasteiger partial charge in [0.1, 0.15) is 27.5 Å². The molecular weight excluding hydrogens is 393 g/mol. The molecule has 1 aromatic rings. The summed E-state index contributed by atoms with van der Waals surface area (Å²) in [4.78, 5) is 17.0.